The quantitative estimate of drug-likeness (QED) is 0.778. The second-order valence-corrected chi connectivity index (χ2v) is 6.43. The van der Waals surface area contributed by atoms with Gasteiger partial charge in [0.15, 0.2) is 0 Å². The molecule has 1 N–H and O–H groups in total. The molecule has 1 aromatic carbocycles. The molecule has 2 heterocycles. The van der Waals surface area contributed by atoms with E-state index in [1.807, 2.05) is 49.6 Å². The molecule has 0 unspecified atom stereocenters. The van der Waals surface area contributed by atoms with Crippen LogP contribution in [0, 0.1) is 13.8 Å². The Balaban J connectivity index is 1.59. The summed E-state index contributed by atoms with van der Waals surface area (Å²) in [6.07, 6.45) is 0.863. The van der Waals surface area contributed by atoms with Crippen LogP contribution in [0.5, 0.6) is 0 Å². The first kappa shape index (κ1) is 15.4. The van der Waals surface area contributed by atoms with Crippen molar-refractivity contribution in [1.29, 1.82) is 0 Å². The summed E-state index contributed by atoms with van der Waals surface area (Å²) in [7, 11) is 0. The number of anilines is 1. The molecule has 23 heavy (non-hydrogen) atoms. The predicted octanol–water partition coefficient (Wildman–Crippen LogP) is 3.52. The zero-order valence-electron chi connectivity index (χ0n) is 13.0. The molecule has 0 aliphatic rings. The zero-order valence-corrected chi connectivity index (χ0v) is 13.8. The Morgan fingerprint density at radius 2 is 2.09 bits per heavy atom. The summed E-state index contributed by atoms with van der Waals surface area (Å²) in [5.41, 5.74) is 3.35. The van der Waals surface area contributed by atoms with Gasteiger partial charge < -0.3 is 4.42 Å². The monoisotopic (exact) mass is 327 g/mol. The number of aryl methyl sites for hydroxylation is 2. The third kappa shape index (κ3) is 4.04. The number of hydrogen-bond donors (Lipinski definition) is 1. The van der Waals surface area contributed by atoms with Crippen molar-refractivity contribution in [3.8, 4) is 0 Å². The Kier molecular flexibility index (Phi) is 4.52. The number of rotatable bonds is 5. The van der Waals surface area contributed by atoms with Crippen LogP contribution < -0.4 is 5.32 Å². The molecule has 3 rings (SSSR count). The number of benzene rings is 1. The van der Waals surface area contributed by atoms with E-state index in [9.17, 15) is 4.79 Å². The highest BCUT2D eigenvalue weighted by Gasteiger charge is 2.11. The third-order valence-electron chi connectivity index (χ3n) is 3.55. The van der Waals surface area contributed by atoms with Gasteiger partial charge in [0.25, 0.3) is 0 Å². The fourth-order valence-electron chi connectivity index (χ4n) is 2.20. The van der Waals surface area contributed by atoms with Crippen molar-refractivity contribution in [1.82, 2.24) is 10.2 Å². The van der Waals surface area contributed by atoms with Crippen LogP contribution in [0.25, 0.3) is 0 Å². The fourth-order valence-corrected chi connectivity index (χ4v) is 2.90. The standard InChI is InChI=1S/C17H17N3O2S/c1-11-5-6-13(8-12(11)2)9-15(21)18-17-20-19-16(22-17)10-14-4-3-7-23-14/h3-8H,9-10H2,1-2H3,(H,18,20,21). The van der Waals surface area contributed by atoms with Crippen LogP contribution in [-0.4, -0.2) is 16.1 Å². The van der Waals surface area contributed by atoms with Gasteiger partial charge in [-0.05, 0) is 42.0 Å². The number of amides is 1. The van der Waals surface area contributed by atoms with Gasteiger partial charge >= 0.3 is 6.01 Å². The van der Waals surface area contributed by atoms with E-state index in [1.165, 1.54) is 11.1 Å². The molecule has 0 radical (unpaired) electrons. The van der Waals surface area contributed by atoms with Gasteiger partial charge in [0.05, 0.1) is 12.8 Å². The van der Waals surface area contributed by atoms with Crippen molar-refractivity contribution in [2.24, 2.45) is 0 Å². The van der Waals surface area contributed by atoms with Crippen LogP contribution in [0.3, 0.4) is 0 Å². The molecule has 0 saturated heterocycles. The minimum absolute atomic E-state index is 0.144. The number of hydrogen-bond acceptors (Lipinski definition) is 5. The van der Waals surface area contributed by atoms with E-state index in [0.29, 0.717) is 12.3 Å². The Labute approximate surface area is 138 Å². The lowest BCUT2D eigenvalue weighted by Gasteiger charge is -2.04. The van der Waals surface area contributed by atoms with Gasteiger partial charge in [0.1, 0.15) is 0 Å². The second-order valence-electron chi connectivity index (χ2n) is 5.40. The van der Waals surface area contributed by atoms with Crippen molar-refractivity contribution < 1.29 is 9.21 Å². The molecule has 0 spiro atoms. The maximum atomic E-state index is 12.1. The summed E-state index contributed by atoms with van der Waals surface area (Å²) < 4.78 is 5.46. The van der Waals surface area contributed by atoms with Crippen LogP contribution in [0.1, 0.15) is 27.5 Å². The number of nitrogens with zero attached hydrogens (tertiary/aromatic N) is 2. The molecule has 0 fully saturated rings. The average molecular weight is 327 g/mol. The highest BCUT2D eigenvalue weighted by Crippen LogP contribution is 2.16. The van der Waals surface area contributed by atoms with Crippen molar-refractivity contribution >= 4 is 23.3 Å². The van der Waals surface area contributed by atoms with Crippen molar-refractivity contribution in [3.63, 3.8) is 0 Å². The first-order valence-electron chi connectivity index (χ1n) is 7.31. The molecule has 0 aliphatic heterocycles. The number of carbonyl (C=O) groups excluding carboxylic acids is 1. The number of thiophene rings is 1. The molecule has 5 nitrogen and oxygen atoms in total. The number of carbonyl (C=O) groups is 1. The van der Waals surface area contributed by atoms with Gasteiger partial charge in [-0.3, -0.25) is 10.1 Å². The van der Waals surface area contributed by atoms with E-state index in [0.717, 1.165) is 10.4 Å². The first-order chi connectivity index (χ1) is 11.1. The molecule has 118 valence electrons. The summed E-state index contributed by atoms with van der Waals surface area (Å²) in [5.74, 6) is 0.327. The lowest BCUT2D eigenvalue weighted by atomic mass is 10.0. The van der Waals surface area contributed by atoms with Gasteiger partial charge in [-0.1, -0.05) is 29.4 Å². The Morgan fingerprint density at radius 1 is 1.22 bits per heavy atom. The SMILES string of the molecule is Cc1ccc(CC(=O)Nc2nnc(Cc3cccs3)o2)cc1C. The summed E-state index contributed by atoms with van der Waals surface area (Å²) in [4.78, 5) is 13.2. The van der Waals surface area contributed by atoms with Crippen molar-refractivity contribution in [2.75, 3.05) is 5.32 Å². The van der Waals surface area contributed by atoms with E-state index in [1.54, 1.807) is 11.3 Å². The van der Waals surface area contributed by atoms with Crippen LogP contribution in [0.4, 0.5) is 6.01 Å². The second kappa shape index (κ2) is 6.75. The van der Waals surface area contributed by atoms with E-state index < -0.39 is 0 Å². The Bertz CT molecular complexity index is 809. The molecule has 1 amide bonds. The van der Waals surface area contributed by atoms with E-state index >= 15 is 0 Å². The van der Waals surface area contributed by atoms with Gasteiger partial charge in [0, 0.05) is 4.88 Å². The van der Waals surface area contributed by atoms with Crippen molar-refractivity contribution in [3.05, 3.63) is 63.2 Å². The Morgan fingerprint density at radius 3 is 2.83 bits per heavy atom. The van der Waals surface area contributed by atoms with Crippen LogP contribution in [-0.2, 0) is 17.6 Å². The molecule has 0 atom stereocenters. The van der Waals surface area contributed by atoms with E-state index in [-0.39, 0.29) is 18.3 Å². The van der Waals surface area contributed by atoms with Gasteiger partial charge in [0.2, 0.25) is 11.8 Å². The van der Waals surface area contributed by atoms with E-state index in [4.69, 9.17) is 4.42 Å². The maximum absolute atomic E-state index is 12.1. The molecular weight excluding hydrogens is 310 g/mol. The lowest BCUT2D eigenvalue weighted by Crippen LogP contribution is -2.14. The van der Waals surface area contributed by atoms with Gasteiger partial charge in [-0.25, -0.2) is 0 Å². The lowest BCUT2D eigenvalue weighted by molar-refractivity contribution is -0.115. The van der Waals surface area contributed by atoms with Crippen LogP contribution in [0.15, 0.2) is 40.1 Å². The topological polar surface area (TPSA) is 68.0 Å². The van der Waals surface area contributed by atoms with Gasteiger partial charge in [-0.2, -0.15) is 0 Å². The minimum Gasteiger partial charge on any atom is -0.407 e. The summed E-state index contributed by atoms with van der Waals surface area (Å²) in [6, 6.07) is 10.1. The molecule has 0 saturated carbocycles. The molecule has 6 heteroatoms. The highest BCUT2D eigenvalue weighted by atomic mass is 32.1. The largest absolute Gasteiger partial charge is 0.407 e. The molecular formula is C17H17N3O2S. The molecule has 0 bridgehead atoms. The minimum atomic E-state index is -0.167. The molecule has 2 aromatic heterocycles. The summed E-state index contributed by atoms with van der Waals surface area (Å²) in [6.45, 7) is 4.08. The number of aromatic nitrogens is 2. The van der Waals surface area contributed by atoms with Crippen LogP contribution in [0.2, 0.25) is 0 Å². The third-order valence-corrected chi connectivity index (χ3v) is 4.43. The summed E-state index contributed by atoms with van der Waals surface area (Å²) >= 11 is 1.63. The molecule has 0 aliphatic carbocycles. The maximum Gasteiger partial charge on any atom is 0.322 e. The Hall–Kier alpha value is -2.47. The smallest absolute Gasteiger partial charge is 0.322 e. The zero-order chi connectivity index (χ0) is 16.2. The predicted molar refractivity (Wildman–Crippen MR) is 89.7 cm³/mol. The summed E-state index contributed by atoms with van der Waals surface area (Å²) in [5, 5.41) is 12.5. The highest BCUT2D eigenvalue weighted by molar-refractivity contribution is 7.09. The first-order valence-corrected chi connectivity index (χ1v) is 8.19. The van der Waals surface area contributed by atoms with E-state index in [2.05, 4.69) is 15.5 Å². The van der Waals surface area contributed by atoms with Crippen LogP contribution >= 0.6 is 11.3 Å². The fraction of sp³-hybridized carbons (Fsp3) is 0.235. The normalized spacial score (nSPS) is 10.7. The molecule has 3 aromatic rings. The van der Waals surface area contributed by atoms with Crippen molar-refractivity contribution in [2.45, 2.75) is 26.7 Å². The average Bonchev–Trinajstić information content (AvgIpc) is 3.16. The number of nitrogens with one attached hydrogen (secondary N) is 1. The van der Waals surface area contributed by atoms with Gasteiger partial charge in [-0.15, -0.1) is 16.4 Å².